The van der Waals surface area contributed by atoms with Crippen LogP contribution in [0.2, 0.25) is 0 Å². The van der Waals surface area contributed by atoms with E-state index >= 15 is 0 Å². The van der Waals surface area contributed by atoms with Crippen molar-refractivity contribution in [3.63, 3.8) is 0 Å². The molecule has 7 heavy (non-hydrogen) atoms. The van der Waals surface area contributed by atoms with Gasteiger partial charge in [0.2, 0.25) is 0 Å². The monoisotopic (exact) mass is 188 g/mol. The fourth-order valence-electron chi connectivity index (χ4n) is 0. The summed E-state index contributed by atoms with van der Waals surface area (Å²) >= 11 is 0. The first-order valence-electron chi connectivity index (χ1n) is 0.612. The fraction of sp³-hybridized carbons (Fsp3) is 0. The second-order valence-electron chi connectivity index (χ2n) is 0.250. The number of rotatable bonds is 0. The second kappa shape index (κ2) is 16.3. The SMILES string of the molecule is O=C([O-])[O-].[Fe+2].[Fe+2].[O-2]. The van der Waals surface area contributed by atoms with Crippen LogP contribution in [0.4, 0.5) is 4.79 Å². The number of hydrogen-bond donors (Lipinski definition) is 0. The normalized spacial score (nSPS) is 3.43. The molecular weight excluding hydrogens is 188 g/mol. The van der Waals surface area contributed by atoms with E-state index in [4.69, 9.17) is 15.0 Å². The summed E-state index contributed by atoms with van der Waals surface area (Å²) in [6.07, 6.45) is -2.33. The van der Waals surface area contributed by atoms with Crippen LogP contribution >= 0.6 is 0 Å². The zero-order valence-corrected chi connectivity index (χ0v) is 5.05. The fourth-order valence-corrected chi connectivity index (χ4v) is 0. The van der Waals surface area contributed by atoms with Crippen LogP contribution in [0.3, 0.4) is 0 Å². The van der Waals surface area contributed by atoms with E-state index in [1.807, 2.05) is 0 Å². The average molecular weight is 188 g/mol. The van der Waals surface area contributed by atoms with E-state index < -0.39 is 6.16 Å². The molecule has 0 aromatic carbocycles. The van der Waals surface area contributed by atoms with Gasteiger partial charge in [-0.15, -0.1) is 0 Å². The molecule has 0 aliphatic carbocycles. The summed E-state index contributed by atoms with van der Waals surface area (Å²) in [7, 11) is 0. The smallest absolute Gasteiger partial charge is 2.00 e. The van der Waals surface area contributed by atoms with E-state index in [1.165, 1.54) is 0 Å². The van der Waals surface area contributed by atoms with Gasteiger partial charge in [0.25, 0.3) is 0 Å². The predicted octanol–water partition coefficient (Wildman–Crippen LogP) is -2.57. The molecule has 6 heteroatoms. The zero-order valence-electron chi connectivity index (χ0n) is 2.84. The minimum absolute atomic E-state index is 0. The van der Waals surface area contributed by atoms with Gasteiger partial charge in [0.15, 0.2) is 0 Å². The molecule has 0 aliphatic heterocycles. The largest absolute Gasteiger partial charge is 2.00 e. The van der Waals surface area contributed by atoms with E-state index in [9.17, 15) is 0 Å². The Hall–Kier alpha value is 0.269. The molecule has 0 aliphatic rings. The Kier molecular flexibility index (Phi) is 62.2. The Labute approximate surface area is 61.2 Å². The van der Waals surface area contributed by atoms with Crippen molar-refractivity contribution in [2.24, 2.45) is 0 Å². The first-order valence-corrected chi connectivity index (χ1v) is 0.612. The van der Waals surface area contributed by atoms with Crippen molar-refractivity contribution in [1.29, 1.82) is 0 Å². The summed E-state index contributed by atoms with van der Waals surface area (Å²) in [6.45, 7) is 0. The molecule has 44 valence electrons. The molecule has 0 bridgehead atoms. The quantitative estimate of drug-likeness (QED) is 0.391. The van der Waals surface area contributed by atoms with Crippen molar-refractivity contribution in [2.45, 2.75) is 0 Å². The molecule has 0 N–H and O–H groups in total. The van der Waals surface area contributed by atoms with Gasteiger partial charge >= 0.3 is 34.1 Å². The second-order valence-corrected chi connectivity index (χ2v) is 0.250. The van der Waals surface area contributed by atoms with Crippen molar-refractivity contribution in [1.82, 2.24) is 0 Å². The van der Waals surface area contributed by atoms with Crippen LogP contribution in [0.15, 0.2) is 0 Å². The average Bonchev–Trinajstić information content (AvgIpc) is 0.811. The summed E-state index contributed by atoms with van der Waals surface area (Å²) in [5, 5.41) is 16.7. The predicted molar refractivity (Wildman–Crippen MR) is 6.08 cm³/mol. The maximum absolute atomic E-state index is 8.33. The van der Waals surface area contributed by atoms with Gasteiger partial charge in [0.05, 0.1) is 0 Å². The van der Waals surface area contributed by atoms with E-state index in [-0.39, 0.29) is 39.6 Å². The molecule has 0 radical (unpaired) electrons. The maximum atomic E-state index is 8.33. The van der Waals surface area contributed by atoms with Crippen LogP contribution in [-0.4, -0.2) is 6.16 Å². The molecule has 0 spiro atoms. The summed E-state index contributed by atoms with van der Waals surface area (Å²) in [6, 6.07) is 0. The van der Waals surface area contributed by atoms with Crippen LogP contribution in [0.1, 0.15) is 0 Å². The van der Waals surface area contributed by atoms with E-state index in [0.29, 0.717) is 0 Å². The Balaban J connectivity index is -0.0000000150. The topological polar surface area (TPSA) is 91.7 Å². The molecule has 0 rings (SSSR count). The molecule has 0 saturated carbocycles. The third-order valence-corrected chi connectivity index (χ3v) is 0. The third kappa shape index (κ3) is 1580. The molecule has 0 aromatic heterocycles. The number of hydrogen-bond acceptors (Lipinski definition) is 3. The molecule has 0 fully saturated rings. The van der Waals surface area contributed by atoms with Crippen molar-refractivity contribution in [2.75, 3.05) is 0 Å². The van der Waals surface area contributed by atoms with Crippen LogP contribution in [0.5, 0.6) is 0 Å². The molecule has 0 aromatic rings. The van der Waals surface area contributed by atoms with Gasteiger partial charge in [-0.05, 0) is 6.16 Å². The zero-order chi connectivity index (χ0) is 3.58. The van der Waals surface area contributed by atoms with Crippen molar-refractivity contribution in [3.05, 3.63) is 0 Å². The van der Waals surface area contributed by atoms with Gasteiger partial charge in [0, 0.05) is 0 Å². The number of carbonyl (C=O) groups is 1. The molecular formula is CFe2O4. The number of carbonyl (C=O) groups excluding carboxylic acids is 1. The first-order chi connectivity index (χ1) is 1.73. The van der Waals surface area contributed by atoms with Gasteiger partial charge in [0.1, 0.15) is 0 Å². The Morgan fingerprint density at radius 1 is 1.14 bits per heavy atom. The molecule has 4 nitrogen and oxygen atoms in total. The summed E-state index contributed by atoms with van der Waals surface area (Å²) in [5.74, 6) is 0. The van der Waals surface area contributed by atoms with Gasteiger partial charge in [-0.25, -0.2) is 0 Å². The van der Waals surface area contributed by atoms with Gasteiger partial charge in [-0.3, -0.25) is 0 Å². The van der Waals surface area contributed by atoms with Crippen LogP contribution in [-0.2, 0) is 39.6 Å². The summed E-state index contributed by atoms with van der Waals surface area (Å²) in [5.41, 5.74) is 0. The summed E-state index contributed by atoms with van der Waals surface area (Å²) < 4.78 is 0. The standard InChI is InChI=1S/CH2O3.2Fe.O/c2-1(3)4;;;/h(H2,2,3,4);;;/q;2*+2;-2/p-2. The van der Waals surface area contributed by atoms with Crippen LogP contribution < -0.4 is 10.2 Å². The molecule has 0 heterocycles. The Morgan fingerprint density at radius 2 is 1.14 bits per heavy atom. The Morgan fingerprint density at radius 3 is 1.14 bits per heavy atom. The number of carboxylic acid groups (broad SMARTS) is 2. The van der Waals surface area contributed by atoms with Crippen LogP contribution in [0, 0.1) is 0 Å². The Bertz CT molecular complexity index is 32.7. The van der Waals surface area contributed by atoms with Gasteiger partial charge in [-0.2, -0.15) is 0 Å². The summed E-state index contributed by atoms with van der Waals surface area (Å²) in [4.78, 5) is 8.33. The third-order valence-electron chi connectivity index (χ3n) is 0. The van der Waals surface area contributed by atoms with E-state index in [0.717, 1.165) is 0 Å². The van der Waals surface area contributed by atoms with Gasteiger partial charge in [-0.1, -0.05) is 0 Å². The van der Waals surface area contributed by atoms with E-state index in [1.54, 1.807) is 0 Å². The van der Waals surface area contributed by atoms with E-state index in [2.05, 4.69) is 0 Å². The molecule has 0 saturated heterocycles. The first kappa shape index (κ1) is 26.7. The van der Waals surface area contributed by atoms with Crippen molar-refractivity contribution < 1.29 is 54.6 Å². The van der Waals surface area contributed by atoms with Crippen molar-refractivity contribution >= 4 is 6.16 Å². The molecule has 0 atom stereocenters. The minimum atomic E-state index is -2.33. The van der Waals surface area contributed by atoms with Crippen molar-refractivity contribution in [3.8, 4) is 0 Å². The van der Waals surface area contributed by atoms with Gasteiger partial charge < -0.3 is 20.5 Å². The maximum Gasteiger partial charge on any atom is 2.00 e. The van der Waals surface area contributed by atoms with Crippen LogP contribution in [0.25, 0.3) is 0 Å². The molecule has 0 amide bonds. The minimum Gasteiger partial charge on any atom is -2.00 e. The molecule has 0 unspecified atom stereocenters.